The Labute approximate surface area is 296 Å². The molecule has 4 saturated heterocycles. The Balaban J connectivity index is 1.05. The third-order valence-electron chi connectivity index (χ3n) is 13.5. The van der Waals surface area contributed by atoms with Gasteiger partial charge in [-0.15, -0.1) is 0 Å². The highest BCUT2D eigenvalue weighted by atomic mass is 19.1. The summed E-state index contributed by atoms with van der Waals surface area (Å²) in [7, 11) is 2.12. The van der Waals surface area contributed by atoms with Crippen LogP contribution in [0, 0.1) is 17.8 Å². The third-order valence-corrected chi connectivity index (χ3v) is 13.5. The first-order valence-corrected chi connectivity index (χ1v) is 19.7. The number of Topliss-reactive ketones (excluding diaryl/α,β-unsaturated/α-hetero) is 1. The van der Waals surface area contributed by atoms with Crippen molar-refractivity contribution >= 4 is 17.8 Å². The summed E-state index contributed by atoms with van der Waals surface area (Å²) in [6.45, 7) is 8.20. The molecule has 5 heterocycles. The normalized spacial score (nSPS) is 43.0. The van der Waals surface area contributed by atoms with E-state index in [0.717, 1.165) is 38.6 Å². The lowest BCUT2D eigenvalue weighted by molar-refractivity contribution is -0.220. The fourth-order valence-corrected chi connectivity index (χ4v) is 11.2. The van der Waals surface area contributed by atoms with Gasteiger partial charge < -0.3 is 34.6 Å². The Kier molecular flexibility index (Phi) is 9.47. The molecule has 11 nitrogen and oxygen atoms in total. The van der Waals surface area contributed by atoms with E-state index >= 15 is 4.39 Å². The van der Waals surface area contributed by atoms with Crippen molar-refractivity contribution in [3.8, 4) is 0 Å². The molecule has 8 rings (SSSR count). The molecule has 12 heteroatoms. The molecule has 13 unspecified atom stereocenters. The van der Waals surface area contributed by atoms with Gasteiger partial charge in [0.2, 0.25) is 0 Å². The zero-order valence-corrected chi connectivity index (χ0v) is 30.4. The topological polar surface area (TPSA) is 113 Å². The van der Waals surface area contributed by atoms with Gasteiger partial charge in [0.25, 0.3) is 5.91 Å². The fourth-order valence-electron chi connectivity index (χ4n) is 11.2. The van der Waals surface area contributed by atoms with Crippen LogP contribution in [-0.4, -0.2) is 132 Å². The maximum Gasteiger partial charge on any atom is 0.407 e. The number of rotatable bonds is 6. The van der Waals surface area contributed by atoms with E-state index in [2.05, 4.69) is 32.4 Å². The summed E-state index contributed by atoms with van der Waals surface area (Å²) in [6, 6.07) is -0.676. The lowest BCUT2D eigenvalue weighted by atomic mass is 9.67. The van der Waals surface area contributed by atoms with Gasteiger partial charge in [-0.2, -0.15) is 0 Å². The lowest BCUT2D eigenvalue weighted by Gasteiger charge is -2.61. The quantitative estimate of drug-likeness (QED) is 0.402. The first-order chi connectivity index (χ1) is 23.9. The monoisotopic (exact) mass is 699 g/mol. The van der Waals surface area contributed by atoms with Gasteiger partial charge >= 0.3 is 6.09 Å². The Morgan fingerprint density at radius 1 is 0.960 bits per heavy atom. The number of hydrogen-bond donors (Lipinski definition) is 2. The van der Waals surface area contributed by atoms with Crippen molar-refractivity contribution in [2.75, 3.05) is 33.2 Å². The van der Waals surface area contributed by atoms with Crippen molar-refractivity contribution in [1.29, 1.82) is 0 Å². The summed E-state index contributed by atoms with van der Waals surface area (Å²) in [6.07, 6.45) is 10.1. The summed E-state index contributed by atoms with van der Waals surface area (Å²) in [4.78, 5) is 47.2. The predicted octanol–water partition coefficient (Wildman–Crippen LogP) is 3.55. The predicted molar refractivity (Wildman–Crippen MR) is 184 cm³/mol. The molecule has 0 radical (unpaired) electrons. The van der Waals surface area contributed by atoms with Crippen molar-refractivity contribution in [1.82, 2.24) is 25.3 Å². The summed E-state index contributed by atoms with van der Waals surface area (Å²) < 4.78 is 36.0. The van der Waals surface area contributed by atoms with Gasteiger partial charge in [0.15, 0.2) is 5.78 Å². The number of halogens is 1. The molecular weight excluding hydrogens is 641 g/mol. The molecule has 0 aromatic rings. The minimum Gasteiger partial charge on any atom is -0.444 e. The van der Waals surface area contributed by atoms with Crippen molar-refractivity contribution in [3.63, 3.8) is 0 Å². The SMILES string of the molecule is CN1CCCC1CCNC(=O)C1=CN2C3CC4OC5CCCCC5C4CC3OC3C(N4CCC(NC(=O)OC(C)(C)C)C4)C(F)CC(C1=O)C32. The number of nitrogens with zero attached hydrogens (tertiary/aromatic N) is 3. The number of likely N-dealkylation sites (tertiary alicyclic amines) is 2. The van der Waals surface area contributed by atoms with Crippen LogP contribution >= 0.6 is 0 Å². The van der Waals surface area contributed by atoms with Crippen molar-refractivity contribution < 1.29 is 33.0 Å². The number of ketones is 1. The van der Waals surface area contributed by atoms with Gasteiger partial charge in [-0.3, -0.25) is 14.5 Å². The minimum atomic E-state index is -1.31. The Hall–Kier alpha value is -2.28. The summed E-state index contributed by atoms with van der Waals surface area (Å²) in [5, 5.41) is 6.05. The van der Waals surface area contributed by atoms with Crippen LogP contribution in [0.25, 0.3) is 0 Å². The van der Waals surface area contributed by atoms with Crippen LogP contribution in [0.4, 0.5) is 9.18 Å². The Morgan fingerprint density at radius 2 is 1.78 bits per heavy atom. The second-order valence-electron chi connectivity index (χ2n) is 17.6. The van der Waals surface area contributed by atoms with Crippen LogP contribution in [0.3, 0.4) is 0 Å². The van der Waals surface area contributed by atoms with Crippen molar-refractivity contribution in [2.24, 2.45) is 17.8 Å². The molecule has 0 aromatic carbocycles. The van der Waals surface area contributed by atoms with E-state index in [1.54, 1.807) is 0 Å². The number of alkyl carbamates (subject to hydrolysis) is 1. The highest BCUT2D eigenvalue weighted by Crippen LogP contribution is 2.53. The number of fused-ring (bicyclic) bond motifs is 5. The molecule has 5 aliphatic heterocycles. The number of hydrogen-bond acceptors (Lipinski definition) is 9. The molecule has 0 aromatic heterocycles. The van der Waals surface area contributed by atoms with E-state index in [0.29, 0.717) is 50.0 Å². The standard InChI is InChI=1S/C38H58FN5O6/c1-38(2,3)50-37(47)41-21-12-15-43(19-21)33-27(39)16-25-32-35(33)49-31-17-24-23-9-5-6-10-29(23)48-30(24)18-28(31)44(32)20-26(34(25)45)36(46)40-13-11-22-8-7-14-42(22)4/h20-25,27-33,35H,5-19H2,1-4H3,(H,40,46)(H,41,47). The van der Waals surface area contributed by atoms with E-state index in [1.807, 2.05) is 27.0 Å². The Bertz CT molecular complexity index is 1360. The highest BCUT2D eigenvalue weighted by Gasteiger charge is 2.62. The number of nitrogens with one attached hydrogen (secondary N) is 2. The van der Waals surface area contributed by atoms with Gasteiger partial charge in [0.1, 0.15) is 11.8 Å². The van der Waals surface area contributed by atoms with E-state index in [9.17, 15) is 14.4 Å². The smallest absolute Gasteiger partial charge is 0.407 e. The van der Waals surface area contributed by atoms with E-state index < -0.39 is 35.9 Å². The number of carbonyl (C=O) groups excluding carboxylic acids is 3. The Morgan fingerprint density at radius 3 is 2.56 bits per heavy atom. The van der Waals surface area contributed by atoms with E-state index in [1.165, 1.54) is 25.7 Å². The van der Waals surface area contributed by atoms with Gasteiger partial charge in [-0.25, -0.2) is 9.18 Å². The van der Waals surface area contributed by atoms with Gasteiger partial charge in [-0.1, -0.05) is 12.8 Å². The first-order valence-electron chi connectivity index (χ1n) is 19.7. The average molecular weight is 700 g/mol. The first kappa shape index (κ1) is 34.8. The minimum absolute atomic E-state index is 0.0415. The number of carbonyl (C=O) groups is 3. The number of ether oxygens (including phenoxy) is 3. The number of morpholine rings is 1. The average Bonchev–Trinajstić information content (AvgIpc) is 3.78. The van der Waals surface area contributed by atoms with E-state index in [4.69, 9.17) is 14.2 Å². The molecule has 13 atom stereocenters. The molecule has 3 aliphatic carbocycles. The van der Waals surface area contributed by atoms with Crippen LogP contribution in [-0.2, 0) is 23.8 Å². The zero-order chi connectivity index (χ0) is 34.9. The molecule has 50 heavy (non-hydrogen) atoms. The zero-order valence-electron chi connectivity index (χ0n) is 30.4. The second-order valence-corrected chi connectivity index (χ2v) is 17.6. The van der Waals surface area contributed by atoms with Crippen LogP contribution < -0.4 is 10.6 Å². The second kappa shape index (κ2) is 13.6. The van der Waals surface area contributed by atoms with Crippen LogP contribution in [0.2, 0.25) is 0 Å². The molecule has 3 saturated carbocycles. The number of amides is 2. The van der Waals surface area contributed by atoms with Crippen LogP contribution in [0.1, 0.15) is 91.4 Å². The lowest BCUT2D eigenvalue weighted by Crippen LogP contribution is -2.73. The van der Waals surface area contributed by atoms with Crippen LogP contribution in [0.5, 0.6) is 0 Å². The van der Waals surface area contributed by atoms with Gasteiger partial charge in [0.05, 0.1) is 48.1 Å². The summed E-state index contributed by atoms with van der Waals surface area (Å²) >= 11 is 0. The fraction of sp³-hybridized carbons (Fsp3) is 0.868. The maximum absolute atomic E-state index is 16.7. The van der Waals surface area contributed by atoms with Gasteiger partial charge in [-0.05, 0) is 104 Å². The van der Waals surface area contributed by atoms with Crippen LogP contribution in [0.15, 0.2) is 11.8 Å². The third kappa shape index (κ3) is 6.49. The maximum atomic E-state index is 16.7. The van der Waals surface area contributed by atoms with E-state index in [-0.39, 0.29) is 54.0 Å². The van der Waals surface area contributed by atoms with Crippen molar-refractivity contribution in [3.05, 3.63) is 11.8 Å². The largest absolute Gasteiger partial charge is 0.444 e. The summed E-state index contributed by atoms with van der Waals surface area (Å²) in [5.74, 6) is -0.326. The molecule has 8 aliphatic rings. The molecule has 7 fully saturated rings. The molecule has 0 spiro atoms. The molecule has 0 bridgehead atoms. The summed E-state index contributed by atoms with van der Waals surface area (Å²) in [5.41, 5.74) is -0.451. The molecule has 278 valence electrons. The molecule has 2 N–H and O–H groups in total. The number of alkyl halides is 1. The highest BCUT2D eigenvalue weighted by molar-refractivity contribution is 6.20. The van der Waals surface area contributed by atoms with Gasteiger partial charge in [0, 0.05) is 43.8 Å². The molecular formula is C38H58FN5O6. The van der Waals surface area contributed by atoms with Crippen molar-refractivity contribution in [2.45, 2.75) is 158 Å². The molecule has 2 amide bonds.